The van der Waals surface area contributed by atoms with E-state index in [1.165, 1.54) is 0 Å². The van der Waals surface area contributed by atoms with Crippen LogP contribution in [-0.4, -0.2) is 32.0 Å². The van der Waals surface area contributed by atoms with E-state index < -0.39 is 0 Å². The Morgan fingerprint density at radius 1 is 1.00 bits per heavy atom. The van der Waals surface area contributed by atoms with Gasteiger partial charge in [-0.1, -0.05) is 41.9 Å². The number of hydrogen-bond donors (Lipinski definition) is 3. The van der Waals surface area contributed by atoms with Gasteiger partial charge < -0.3 is 16.0 Å². The Hall–Kier alpha value is -1.80. The molecule has 0 aliphatic rings. The van der Waals surface area contributed by atoms with Crippen LogP contribution in [0.1, 0.15) is 15.9 Å². The molecule has 0 bridgehead atoms. The molecule has 0 unspecified atom stereocenters. The van der Waals surface area contributed by atoms with Gasteiger partial charge in [0.2, 0.25) is 0 Å². The lowest BCUT2D eigenvalue weighted by Gasteiger charge is -2.12. The first-order chi connectivity index (χ1) is 11.7. The van der Waals surface area contributed by atoms with Crippen LogP contribution in [0.25, 0.3) is 0 Å². The zero-order valence-corrected chi connectivity index (χ0v) is 17.0. The Kier molecular flexibility index (Phi) is 9.94. The summed E-state index contributed by atoms with van der Waals surface area (Å²) in [6.45, 7) is 1.70. The minimum Gasteiger partial charge on any atom is -0.355 e. The van der Waals surface area contributed by atoms with Gasteiger partial charge in [0.1, 0.15) is 0 Å². The smallest absolute Gasteiger partial charge is 0.251 e. The van der Waals surface area contributed by atoms with Crippen molar-refractivity contribution < 1.29 is 4.79 Å². The lowest BCUT2D eigenvalue weighted by Crippen LogP contribution is -2.41. The minimum atomic E-state index is -0.0840. The third-order valence-corrected chi connectivity index (χ3v) is 3.55. The van der Waals surface area contributed by atoms with Crippen LogP contribution in [0.15, 0.2) is 59.6 Å². The van der Waals surface area contributed by atoms with E-state index in [2.05, 4.69) is 20.9 Å². The molecule has 0 radical (unpaired) electrons. The van der Waals surface area contributed by atoms with Crippen molar-refractivity contribution in [3.05, 3.63) is 70.7 Å². The molecule has 0 aliphatic carbocycles. The molecule has 0 spiro atoms. The molecule has 25 heavy (non-hydrogen) atoms. The van der Waals surface area contributed by atoms with Crippen LogP contribution in [0.4, 0.5) is 0 Å². The molecule has 0 atom stereocenters. The zero-order chi connectivity index (χ0) is 17.2. The predicted octanol–water partition coefficient (Wildman–Crippen LogP) is 3.05. The predicted molar refractivity (Wildman–Crippen MR) is 114 cm³/mol. The van der Waals surface area contributed by atoms with Crippen molar-refractivity contribution in [3.8, 4) is 0 Å². The summed E-state index contributed by atoms with van der Waals surface area (Å²) in [7, 11) is 1.70. The van der Waals surface area contributed by atoms with Crippen molar-refractivity contribution in [2.45, 2.75) is 6.54 Å². The summed E-state index contributed by atoms with van der Waals surface area (Å²) in [5, 5.41) is 9.92. The molecular formula is C18H22ClIN4O. The van der Waals surface area contributed by atoms with Crippen LogP contribution in [-0.2, 0) is 6.54 Å². The van der Waals surface area contributed by atoms with E-state index in [1.807, 2.05) is 42.5 Å². The first-order valence-corrected chi connectivity index (χ1v) is 8.09. The van der Waals surface area contributed by atoms with Gasteiger partial charge in [0.25, 0.3) is 5.91 Å². The van der Waals surface area contributed by atoms with Gasteiger partial charge in [-0.3, -0.25) is 9.79 Å². The summed E-state index contributed by atoms with van der Waals surface area (Å²) in [5.41, 5.74) is 1.73. The number of benzene rings is 2. The second-order valence-electron chi connectivity index (χ2n) is 5.10. The van der Waals surface area contributed by atoms with E-state index in [4.69, 9.17) is 11.6 Å². The molecule has 1 amide bonds. The van der Waals surface area contributed by atoms with Crippen molar-refractivity contribution in [2.75, 3.05) is 20.1 Å². The van der Waals surface area contributed by atoms with E-state index in [1.54, 1.807) is 19.2 Å². The van der Waals surface area contributed by atoms with Crippen LogP contribution in [0.3, 0.4) is 0 Å². The Morgan fingerprint density at radius 3 is 2.40 bits per heavy atom. The van der Waals surface area contributed by atoms with Crippen LogP contribution in [0, 0.1) is 0 Å². The summed E-state index contributed by atoms with van der Waals surface area (Å²) < 4.78 is 0. The van der Waals surface area contributed by atoms with Gasteiger partial charge in [0.05, 0.1) is 0 Å². The van der Waals surface area contributed by atoms with Gasteiger partial charge in [-0.25, -0.2) is 0 Å². The van der Waals surface area contributed by atoms with Gasteiger partial charge in [-0.15, -0.1) is 24.0 Å². The third-order valence-electron chi connectivity index (χ3n) is 3.31. The Labute approximate surface area is 170 Å². The van der Waals surface area contributed by atoms with Crippen LogP contribution in [0.5, 0.6) is 0 Å². The highest BCUT2D eigenvalue weighted by atomic mass is 127. The molecule has 7 heteroatoms. The molecule has 0 aromatic heterocycles. The first kappa shape index (κ1) is 21.2. The molecule has 0 saturated heterocycles. The zero-order valence-electron chi connectivity index (χ0n) is 14.0. The summed E-state index contributed by atoms with van der Waals surface area (Å²) in [4.78, 5) is 16.1. The lowest BCUT2D eigenvalue weighted by molar-refractivity contribution is 0.0954. The molecule has 134 valence electrons. The van der Waals surface area contributed by atoms with Crippen molar-refractivity contribution >= 4 is 47.4 Å². The molecule has 0 aliphatic heterocycles. The van der Waals surface area contributed by atoms with Gasteiger partial charge >= 0.3 is 0 Å². The van der Waals surface area contributed by atoms with Gasteiger partial charge in [0, 0.05) is 37.3 Å². The summed E-state index contributed by atoms with van der Waals surface area (Å²) >= 11 is 5.96. The number of nitrogens with zero attached hydrogens (tertiary/aromatic N) is 1. The maximum Gasteiger partial charge on any atom is 0.251 e. The standard InChI is InChI=1S/C18H21ClN4O.HI/c1-20-18(23-13-14-6-5-9-16(19)12-14)22-11-10-21-17(24)15-7-3-2-4-8-15;/h2-9,12H,10-11,13H2,1H3,(H,21,24)(H2,20,22,23);1H. The Bertz CT molecular complexity index is 694. The normalized spacial score (nSPS) is 10.6. The number of amides is 1. The van der Waals surface area contributed by atoms with Gasteiger partial charge in [-0.05, 0) is 29.8 Å². The maximum absolute atomic E-state index is 11.9. The second-order valence-corrected chi connectivity index (χ2v) is 5.54. The summed E-state index contributed by atoms with van der Waals surface area (Å²) in [5.74, 6) is 0.586. The van der Waals surface area contributed by atoms with E-state index in [-0.39, 0.29) is 29.9 Å². The molecule has 0 heterocycles. The highest BCUT2D eigenvalue weighted by molar-refractivity contribution is 14.0. The molecule has 0 saturated carbocycles. The fourth-order valence-corrected chi connectivity index (χ4v) is 2.31. The van der Waals surface area contributed by atoms with Crippen molar-refractivity contribution in [2.24, 2.45) is 4.99 Å². The van der Waals surface area contributed by atoms with Crippen molar-refractivity contribution in [3.63, 3.8) is 0 Å². The number of rotatable bonds is 6. The first-order valence-electron chi connectivity index (χ1n) is 7.71. The van der Waals surface area contributed by atoms with Crippen molar-refractivity contribution in [1.29, 1.82) is 0 Å². The number of nitrogens with one attached hydrogen (secondary N) is 3. The number of carbonyl (C=O) groups is 1. The average Bonchev–Trinajstić information content (AvgIpc) is 2.61. The van der Waals surface area contributed by atoms with E-state index in [0.717, 1.165) is 5.56 Å². The third kappa shape index (κ3) is 7.74. The molecule has 3 N–H and O–H groups in total. The Balaban J connectivity index is 0.00000312. The number of carbonyl (C=O) groups excluding carboxylic acids is 1. The number of halogens is 2. The van der Waals surface area contributed by atoms with Crippen LogP contribution < -0.4 is 16.0 Å². The molecular weight excluding hydrogens is 451 g/mol. The Morgan fingerprint density at radius 2 is 1.72 bits per heavy atom. The van der Waals surface area contributed by atoms with Crippen molar-refractivity contribution in [1.82, 2.24) is 16.0 Å². The molecule has 0 fully saturated rings. The molecule has 2 aromatic rings. The number of guanidine groups is 1. The molecule has 2 aromatic carbocycles. The summed E-state index contributed by atoms with van der Waals surface area (Å²) in [6.07, 6.45) is 0. The van der Waals surface area contributed by atoms with Crippen LogP contribution >= 0.6 is 35.6 Å². The SMILES string of the molecule is CN=C(NCCNC(=O)c1ccccc1)NCc1cccc(Cl)c1.I. The highest BCUT2D eigenvalue weighted by Crippen LogP contribution is 2.10. The van der Waals surface area contributed by atoms with Crippen LogP contribution in [0.2, 0.25) is 5.02 Å². The monoisotopic (exact) mass is 472 g/mol. The fraction of sp³-hybridized carbons (Fsp3) is 0.222. The quantitative estimate of drug-likeness (QED) is 0.262. The lowest BCUT2D eigenvalue weighted by atomic mass is 10.2. The fourth-order valence-electron chi connectivity index (χ4n) is 2.10. The average molecular weight is 473 g/mol. The topological polar surface area (TPSA) is 65.5 Å². The largest absolute Gasteiger partial charge is 0.355 e. The van der Waals surface area contributed by atoms with E-state index in [0.29, 0.717) is 36.2 Å². The minimum absolute atomic E-state index is 0. The van der Waals surface area contributed by atoms with Gasteiger partial charge in [0.15, 0.2) is 5.96 Å². The number of hydrogen-bond acceptors (Lipinski definition) is 2. The van der Waals surface area contributed by atoms with E-state index >= 15 is 0 Å². The summed E-state index contributed by atoms with van der Waals surface area (Å²) in [6, 6.07) is 16.8. The maximum atomic E-state index is 11.9. The highest BCUT2D eigenvalue weighted by Gasteiger charge is 2.03. The van der Waals surface area contributed by atoms with Gasteiger partial charge in [-0.2, -0.15) is 0 Å². The molecule has 5 nitrogen and oxygen atoms in total. The van der Waals surface area contributed by atoms with E-state index in [9.17, 15) is 4.79 Å². The second kappa shape index (κ2) is 11.7. The molecule has 2 rings (SSSR count). The number of aliphatic imine (C=N–C) groups is 1.